The van der Waals surface area contributed by atoms with Gasteiger partial charge in [-0.05, 0) is 13.1 Å². The second-order valence-electron chi connectivity index (χ2n) is 3.12. The van der Waals surface area contributed by atoms with E-state index in [1.54, 1.807) is 0 Å². The molecule has 2 saturated heterocycles. The number of nitrogens with zero attached hydrogens (tertiary/aromatic N) is 1. The predicted molar refractivity (Wildman–Crippen MR) is 44.2 cm³/mol. The van der Waals surface area contributed by atoms with Crippen molar-refractivity contribution >= 4 is 6.69 Å². The molecule has 4 heteroatoms. The van der Waals surface area contributed by atoms with Crippen molar-refractivity contribution in [3.63, 3.8) is 0 Å². The Morgan fingerprint density at radius 1 is 1.36 bits per heavy atom. The van der Waals surface area contributed by atoms with Gasteiger partial charge < -0.3 is 14.1 Å². The Morgan fingerprint density at radius 2 is 2.00 bits per heavy atom. The monoisotopic (exact) mass is 154 g/mol. The number of allylic oxidation sites excluding steroid dienone is 1. The van der Waals surface area contributed by atoms with Crippen molar-refractivity contribution in [2.24, 2.45) is 0 Å². The lowest BCUT2D eigenvalue weighted by molar-refractivity contribution is 0.223. The molecule has 2 aliphatic heterocycles. The van der Waals surface area contributed by atoms with Gasteiger partial charge in [-0.3, -0.25) is 0 Å². The third-order valence-electron chi connectivity index (χ3n) is 2.53. The fourth-order valence-electron chi connectivity index (χ4n) is 1.97. The molecule has 0 aromatic rings. The molecule has 62 valence electrons. The lowest BCUT2D eigenvalue weighted by atomic mass is 9.67. The fraction of sp³-hybridized carbons (Fsp3) is 0.714. The van der Waals surface area contributed by atoms with E-state index in [0.717, 1.165) is 32.6 Å². The molecule has 2 rings (SSSR count). The highest BCUT2D eigenvalue weighted by Gasteiger charge is 2.40. The van der Waals surface area contributed by atoms with Gasteiger partial charge in [0.1, 0.15) is 0 Å². The maximum absolute atomic E-state index is 5.60. The molecule has 0 radical (unpaired) electrons. The number of hydrogen-bond acceptors (Lipinski definition) is 3. The average molecular weight is 154 g/mol. The van der Waals surface area contributed by atoms with Crippen molar-refractivity contribution in [3.05, 3.63) is 12.7 Å². The minimum absolute atomic E-state index is 0.813. The van der Waals surface area contributed by atoms with Crippen LogP contribution in [0.25, 0.3) is 0 Å². The van der Waals surface area contributed by atoms with Crippen LogP contribution in [0.5, 0.6) is 0 Å². The van der Waals surface area contributed by atoms with Gasteiger partial charge in [0.05, 0.1) is 0 Å². The summed E-state index contributed by atoms with van der Waals surface area (Å²) in [4.78, 5) is 2.29. The molecule has 0 aromatic heterocycles. The van der Waals surface area contributed by atoms with Gasteiger partial charge in [0.15, 0.2) is 0 Å². The van der Waals surface area contributed by atoms with Crippen molar-refractivity contribution in [1.82, 2.24) is 4.81 Å². The topological polar surface area (TPSA) is 21.7 Å². The van der Waals surface area contributed by atoms with Crippen LogP contribution in [0.1, 0.15) is 0 Å². The third-order valence-corrected chi connectivity index (χ3v) is 2.53. The smallest absolute Gasteiger partial charge is 0.321 e. The van der Waals surface area contributed by atoms with E-state index in [2.05, 4.69) is 11.4 Å². The first-order valence-corrected chi connectivity index (χ1v) is 4.16. The van der Waals surface area contributed by atoms with Gasteiger partial charge in [-0.15, -0.1) is 12.7 Å². The van der Waals surface area contributed by atoms with E-state index >= 15 is 0 Å². The van der Waals surface area contributed by atoms with Gasteiger partial charge in [0.25, 0.3) is 0 Å². The minimum Gasteiger partial charge on any atom is -0.554 e. The van der Waals surface area contributed by atoms with Crippen LogP contribution in [0.15, 0.2) is 12.7 Å². The van der Waals surface area contributed by atoms with Crippen molar-refractivity contribution in [2.75, 3.05) is 26.3 Å². The maximum Gasteiger partial charge on any atom is 0.321 e. The van der Waals surface area contributed by atoms with Crippen molar-refractivity contribution in [1.29, 1.82) is 0 Å². The summed E-state index contributed by atoms with van der Waals surface area (Å²) >= 11 is 0. The molecular formula is C7H13BNO2-. The summed E-state index contributed by atoms with van der Waals surface area (Å²) in [5, 5.41) is 0. The zero-order valence-corrected chi connectivity index (χ0v) is 6.66. The summed E-state index contributed by atoms with van der Waals surface area (Å²) in [6, 6.07) is 0. The van der Waals surface area contributed by atoms with Crippen LogP contribution in [-0.4, -0.2) is 37.8 Å². The molecule has 0 aromatic carbocycles. The molecule has 0 unspecified atom stereocenters. The molecule has 0 N–H and O–H groups in total. The Kier molecular flexibility index (Phi) is 1.75. The van der Waals surface area contributed by atoms with Crippen molar-refractivity contribution in [2.45, 2.75) is 6.32 Å². The van der Waals surface area contributed by atoms with E-state index in [4.69, 9.17) is 9.31 Å². The van der Waals surface area contributed by atoms with Gasteiger partial charge in [-0.2, -0.15) is 0 Å². The van der Waals surface area contributed by atoms with Crippen LogP contribution in [0.3, 0.4) is 0 Å². The Bertz CT molecular complexity index is 164. The lowest BCUT2D eigenvalue weighted by Crippen LogP contribution is -2.46. The summed E-state index contributed by atoms with van der Waals surface area (Å²) < 4.78 is 11.2. The molecule has 0 aliphatic carbocycles. The second-order valence-corrected chi connectivity index (χ2v) is 3.12. The molecular weight excluding hydrogens is 141 g/mol. The van der Waals surface area contributed by atoms with E-state index in [1.807, 2.05) is 6.08 Å². The predicted octanol–water partition coefficient (Wildman–Crippen LogP) is 0.474. The molecule has 11 heavy (non-hydrogen) atoms. The van der Waals surface area contributed by atoms with E-state index in [9.17, 15) is 0 Å². The molecule has 0 bridgehead atoms. The molecule has 0 atom stereocenters. The zero-order chi connectivity index (χ0) is 7.73. The van der Waals surface area contributed by atoms with Gasteiger partial charge in [0, 0.05) is 13.2 Å². The standard InChI is InChI=1S/C7H13BNO2/c1-2-3-8-9(4-6-10-8)5-7-11-8/h2H,1,3-7H2/q-1. The summed E-state index contributed by atoms with van der Waals surface area (Å²) in [5.74, 6) is 0. The molecule has 0 spiro atoms. The molecule has 2 aliphatic rings. The Labute approximate surface area is 67.0 Å². The van der Waals surface area contributed by atoms with Crippen LogP contribution in [-0.2, 0) is 9.31 Å². The minimum atomic E-state index is -1.08. The van der Waals surface area contributed by atoms with Crippen LogP contribution < -0.4 is 0 Å². The van der Waals surface area contributed by atoms with Crippen molar-refractivity contribution < 1.29 is 9.31 Å². The average Bonchev–Trinajstić information content (AvgIpc) is 2.45. The number of fused-ring (bicyclic) bond motifs is 1. The fourth-order valence-corrected chi connectivity index (χ4v) is 1.97. The van der Waals surface area contributed by atoms with Gasteiger partial charge >= 0.3 is 6.69 Å². The summed E-state index contributed by atoms with van der Waals surface area (Å²) in [6.45, 7) is 6.30. The number of hydrogen-bond donors (Lipinski definition) is 0. The first kappa shape index (κ1) is 7.34. The lowest BCUT2D eigenvalue weighted by Gasteiger charge is -2.35. The van der Waals surface area contributed by atoms with Crippen LogP contribution >= 0.6 is 0 Å². The molecule has 2 fully saturated rings. The zero-order valence-electron chi connectivity index (χ0n) is 6.66. The Balaban J connectivity index is 2.13. The van der Waals surface area contributed by atoms with Gasteiger partial charge in [-0.25, -0.2) is 0 Å². The first-order valence-electron chi connectivity index (χ1n) is 4.16. The molecule has 3 nitrogen and oxygen atoms in total. The van der Waals surface area contributed by atoms with Gasteiger partial charge in [0.2, 0.25) is 0 Å². The van der Waals surface area contributed by atoms with E-state index in [0.29, 0.717) is 0 Å². The Hall–Kier alpha value is -0.315. The highest BCUT2D eigenvalue weighted by atomic mass is 16.6. The van der Waals surface area contributed by atoms with Crippen LogP contribution in [0.4, 0.5) is 0 Å². The van der Waals surface area contributed by atoms with E-state index in [-0.39, 0.29) is 0 Å². The molecule has 0 amide bonds. The largest absolute Gasteiger partial charge is 0.554 e. The summed E-state index contributed by atoms with van der Waals surface area (Å²) in [7, 11) is 0. The summed E-state index contributed by atoms with van der Waals surface area (Å²) in [5.41, 5.74) is 0. The first-order chi connectivity index (χ1) is 5.37. The normalized spacial score (nSPS) is 28.7. The summed E-state index contributed by atoms with van der Waals surface area (Å²) in [6.07, 6.45) is 2.71. The Morgan fingerprint density at radius 3 is 2.55 bits per heavy atom. The highest BCUT2D eigenvalue weighted by molar-refractivity contribution is 6.66. The third kappa shape index (κ3) is 1.02. The number of rotatable bonds is 2. The maximum atomic E-state index is 5.60. The van der Waals surface area contributed by atoms with Gasteiger partial charge in [-0.1, -0.05) is 6.32 Å². The quantitative estimate of drug-likeness (QED) is 0.426. The molecule has 0 saturated carbocycles. The van der Waals surface area contributed by atoms with E-state index < -0.39 is 6.69 Å². The SMILES string of the molecule is C=CC[B-]12OCCN1CCO2. The highest BCUT2D eigenvalue weighted by Crippen LogP contribution is 2.28. The van der Waals surface area contributed by atoms with Crippen molar-refractivity contribution in [3.8, 4) is 0 Å². The second kappa shape index (κ2) is 2.62. The molecule has 2 heterocycles. The van der Waals surface area contributed by atoms with Crippen LogP contribution in [0.2, 0.25) is 6.32 Å². The van der Waals surface area contributed by atoms with E-state index in [1.165, 1.54) is 0 Å². The van der Waals surface area contributed by atoms with Crippen LogP contribution in [0, 0.1) is 0 Å².